The third-order valence-electron chi connectivity index (χ3n) is 8.49. The molecular weight excluding hydrogens is 615 g/mol. The van der Waals surface area contributed by atoms with Gasteiger partial charge in [-0.05, 0) is 81.1 Å². The van der Waals surface area contributed by atoms with Crippen molar-refractivity contribution in [3.8, 4) is 5.75 Å². The van der Waals surface area contributed by atoms with Crippen LogP contribution in [0.1, 0.15) is 56.0 Å². The second-order valence-electron chi connectivity index (χ2n) is 12.5. The standard InChI is InChI=1S/C37H47FN4O6/c1-25-22-42(26(2)24-43)36(45)32-21-31(40-37(46)39-30-15-13-29(38)14-16-30)17-18-33(32)48-27(3)10-8-9-19-47-34(25)23-41(4)35(44)20-28-11-6-5-7-12-28/h5-7,11-18,21,25-27,34,43H,8-10,19-20,22-24H2,1-4H3,(H2,39,40,46)/t25-,26+,27-,34-/m0/s1. The molecule has 1 aliphatic heterocycles. The lowest BCUT2D eigenvalue weighted by atomic mass is 10.0. The summed E-state index contributed by atoms with van der Waals surface area (Å²) in [6.45, 7) is 6.49. The topological polar surface area (TPSA) is 120 Å². The minimum atomic E-state index is -0.565. The predicted octanol–water partition coefficient (Wildman–Crippen LogP) is 5.97. The third kappa shape index (κ3) is 10.5. The number of likely N-dealkylation sites (N-methyl/N-ethyl adjacent to an activating group) is 1. The Labute approximate surface area is 282 Å². The number of ether oxygens (including phenoxy) is 2. The molecule has 0 aliphatic carbocycles. The van der Waals surface area contributed by atoms with Crippen molar-refractivity contribution in [2.24, 2.45) is 5.92 Å². The fourth-order valence-electron chi connectivity index (χ4n) is 5.57. The van der Waals surface area contributed by atoms with Gasteiger partial charge in [-0.15, -0.1) is 0 Å². The molecule has 11 heteroatoms. The second-order valence-corrected chi connectivity index (χ2v) is 12.5. The molecule has 0 saturated heterocycles. The first-order chi connectivity index (χ1) is 23.0. The van der Waals surface area contributed by atoms with E-state index in [0.717, 1.165) is 24.8 Å². The Morgan fingerprint density at radius 2 is 1.71 bits per heavy atom. The molecule has 4 rings (SSSR count). The van der Waals surface area contributed by atoms with E-state index in [-0.39, 0.29) is 55.1 Å². The van der Waals surface area contributed by atoms with E-state index in [9.17, 15) is 23.9 Å². The van der Waals surface area contributed by atoms with Gasteiger partial charge < -0.3 is 35.0 Å². The number of urea groups is 1. The van der Waals surface area contributed by atoms with Gasteiger partial charge in [-0.2, -0.15) is 0 Å². The molecule has 0 bridgehead atoms. The van der Waals surface area contributed by atoms with Crippen molar-refractivity contribution >= 4 is 29.2 Å². The van der Waals surface area contributed by atoms with E-state index in [1.54, 1.807) is 42.0 Å². The summed E-state index contributed by atoms with van der Waals surface area (Å²) in [5, 5.41) is 15.6. The lowest BCUT2D eigenvalue weighted by Gasteiger charge is -2.36. The van der Waals surface area contributed by atoms with Crippen LogP contribution < -0.4 is 15.4 Å². The van der Waals surface area contributed by atoms with Crippen molar-refractivity contribution in [2.75, 3.05) is 44.0 Å². The van der Waals surface area contributed by atoms with E-state index >= 15 is 0 Å². The molecule has 0 saturated carbocycles. The van der Waals surface area contributed by atoms with Crippen molar-refractivity contribution in [1.82, 2.24) is 9.80 Å². The van der Waals surface area contributed by atoms with Crippen molar-refractivity contribution in [3.05, 3.63) is 89.7 Å². The minimum Gasteiger partial charge on any atom is -0.490 e. The fraction of sp³-hybridized carbons (Fsp3) is 0.432. The van der Waals surface area contributed by atoms with Crippen LogP contribution in [0.4, 0.5) is 20.6 Å². The maximum Gasteiger partial charge on any atom is 0.323 e. The van der Waals surface area contributed by atoms with Gasteiger partial charge in [0.05, 0.1) is 36.8 Å². The Morgan fingerprint density at radius 3 is 2.42 bits per heavy atom. The smallest absolute Gasteiger partial charge is 0.323 e. The number of aliphatic hydroxyl groups excluding tert-OH is 1. The first-order valence-corrected chi connectivity index (χ1v) is 16.5. The highest BCUT2D eigenvalue weighted by Gasteiger charge is 2.31. The Kier molecular flexibility index (Phi) is 13.3. The number of carbonyl (C=O) groups excluding carboxylic acids is 3. The molecule has 0 spiro atoms. The van der Waals surface area contributed by atoms with Crippen LogP contribution in [-0.4, -0.2) is 84.4 Å². The molecule has 0 fully saturated rings. The second kappa shape index (κ2) is 17.6. The van der Waals surface area contributed by atoms with Crippen LogP contribution in [0.15, 0.2) is 72.8 Å². The average Bonchev–Trinajstić information content (AvgIpc) is 3.07. The molecule has 4 atom stereocenters. The molecule has 3 aromatic carbocycles. The molecule has 10 nitrogen and oxygen atoms in total. The molecule has 258 valence electrons. The number of carbonyl (C=O) groups is 3. The lowest BCUT2D eigenvalue weighted by molar-refractivity contribution is -0.131. The van der Waals surface area contributed by atoms with Crippen LogP contribution in [0.2, 0.25) is 0 Å². The Balaban J connectivity index is 1.57. The Morgan fingerprint density at radius 1 is 1.02 bits per heavy atom. The molecule has 4 amide bonds. The zero-order valence-electron chi connectivity index (χ0n) is 28.2. The highest BCUT2D eigenvalue weighted by molar-refractivity contribution is 6.02. The number of anilines is 2. The summed E-state index contributed by atoms with van der Waals surface area (Å²) < 4.78 is 25.9. The molecule has 1 aliphatic rings. The predicted molar refractivity (Wildman–Crippen MR) is 184 cm³/mol. The quantitative estimate of drug-likeness (QED) is 0.274. The highest BCUT2D eigenvalue weighted by Crippen LogP contribution is 2.29. The van der Waals surface area contributed by atoms with Crippen LogP contribution >= 0.6 is 0 Å². The Hall–Kier alpha value is -4.48. The number of hydrogen-bond donors (Lipinski definition) is 3. The monoisotopic (exact) mass is 662 g/mol. The zero-order chi connectivity index (χ0) is 34.6. The van der Waals surface area contributed by atoms with Gasteiger partial charge in [0.15, 0.2) is 0 Å². The average molecular weight is 663 g/mol. The number of nitrogens with zero attached hydrogens (tertiary/aromatic N) is 2. The Bertz CT molecular complexity index is 1510. The van der Waals surface area contributed by atoms with Crippen LogP contribution in [0, 0.1) is 11.7 Å². The number of benzene rings is 3. The van der Waals surface area contributed by atoms with Crippen LogP contribution in [0.3, 0.4) is 0 Å². The molecule has 1 heterocycles. The first kappa shape index (κ1) is 36.4. The van der Waals surface area contributed by atoms with Crippen molar-refractivity contribution in [3.63, 3.8) is 0 Å². The summed E-state index contributed by atoms with van der Waals surface area (Å²) in [6, 6.07) is 18.7. The zero-order valence-corrected chi connectivity index (χ0v) is 28.2. The number of nitrogens with one attached hydrogen (secondary N) is 2. The summed E-state index contributed by atoms with van der Waals surface area (Å²) in [6.07, 6.45) is 2.06. The summed E-state index contributed by atoms with van der Waals surface area (Å²) in [4.78, 5) is 43.5. The van der Waals surface area contributed by atoms with Crippen molar-refractivity contribution in [1.29, 1.82) is 0 Å². The van der Waals surface area contributed by atoms with Crippen LogP contribution in [-0.2, 0) is 16.0 Å². The number of fused-ring (bicyclic) bond motifs is 1. The lowest BCUT2D eigenvalue weighted by Crippen LogP contribution is -2.48. The van der Waals surface area contributed by atoms with Crippen LogP contribution in [0.25, 0.3) is 0 Å². The van der Waals surface area contributed by atoms with E-state index < -0.39 is 17.9 Å². The summed E-state index contributed by atoms with van der Waals surface area (Å²) >= 11 is 0. The molecule has 0 aromatic heterocycles. The van der Waals surface area contributed by atoms with Crippen molar-refractivity contribution < 1.29 is 33.4 Å². The molecule has 3 aromatic rings. The molecule has 3 N–H and O–H groups in total. The van der Waals surface area contributed by atoms with E-state index in [0.29, 0.717) is 30.3 Å². The van der Waals surface area contributed by atoms with Gasteiger partial charge in [-0.25, -0.2) is 9.18 Å². The van der Waals surface area contributed by atoms with E-state index in [4.69, 9.17) is 9.47 Å². The molecular formula is C37H47FN4O6. The van der Waals surface area contributed by atoms with Gasteiger partial charge in [0.25, 0.3) is 5.91 Å². The number of rotatable bonds is 8. The van der Waals surface area contributed by atoms with Gasteiger partial charge in [0.2, 0.25) is 5.91 Å². The first-order valence-electron chi connectivity index (χ1n) is 16.5. The van der Waals surface area contributed by atoms with Gasteiger partial charge >= 0.3 is 6.03 Å². The van der Waals surface area contributed by atoms with Gasteiger partial charge in [0.1, 0.15) is 11.6 Å². The summed E-state index contributed by atoms with van der Waals surface area (Å²) in [7, 11) is 1.77. The van der Waals surface area contributed by atoms with Crippen LogP contribution in [0.5, 0.6) is 5.75 Å². The maximum atomic E-state index is 14.3. The largest absolute Gasteiger partial charge is 0.490 e. The van der Waals surface area contributed by atoms with E-state index in [2.05, 4.69) is 10.6 Å². The highest BCUT2D eigenvalue weighted by atomic mass is 19.1. The van der Waals surface area contributed by atoms with Gasteiger partial charge in [-0.3, -0.25) is 9.59 Å². The number of aliphatic hydroxyl groups is 1. The van der Waals surface area contributed by atoms with E-state index in [1.165, 1.54) is 24.3 Å². The summed E-state index contributed by atoms with van der Waals surface area (Å²) in [5.41, 5.74) is 1.92. The summed E-state index contributed by atoms with van der Waals surface area (Å²) in [5.74, 6) is -0.661. The van der Waals surface area contributed by atoms with Gasteiger partial charge in [0, 0.05) is 44.0 Å². The SMILES string of the molecule is C[C@H](CO)N1C[C@H](C)[C@H](CN(C)C(=O)Cc2ccccc2)OCCCC[C@H](C)Oc2ccc(NC(=O)Nc3ccc(F)cc3)cc2C1=O. The van der Waals surface area contributed by atoms with E-state index in [1.807, 2.05) is 44.2 Å². The van der Waals surface area contributed by atoms with Crippen molar-refractivity contribution in [2.45, 2.75) is 64.7 Å². The molecule has 48 heavy (non-hydrogen) atoms. The van der Waals surface area contributed by atoms with Gasteiger partial charge in [-0.1, -0.05) is 37.3 Å². The third-order valence-corrected chi connectivity index (χ3v) is 8.49. The normalized spacial score (nSPS) is 19.7. The number of amides is 4. The maximum absolute atomic E-state index is 14.3. The number of halogens is 1. The molecule has 0 radical (unpaired) electrons. The molecule has 0 unspecified atom stereocenters. The minimum absolute atomic E-state index is 0.0311. The number of hydrogen-bond acceptors (Lipinski definition) is 6. The fourth-order valence-corrected chi connectivity index (χ4v) is 5.57.